The van der Waals surface area contributed by atoms with Gasteiger partial charge in [0.25, 0.3) is 5.89 Å². The molecule has 0 amide bonds. The van der Waals surface area contributed by atoms with Crippen LogP contribution in [0.4, 0.5) is 4.39 Å². The first kappa shape index (κ1) is 14.6. The fourth-order valence-electron chi connectivity index (χ4n) is 1.77. The fourth-order valence-corrected chi connectivity index (χ4v) is 1.77. The summed E-state index contributed by atoms with van der Waals surface area (Å²) in [6.07, 6.45) is -0.694. The van der Waals surface area contributed by atoms with E-state index in [1.807, 2.05) is 20.8 Å². The van der Waals surface area contributed by atoms with Gasteiger partial charge in [0.05, 0.1) is 0 Å². The normalized spacial score (nSPS) is 11.2. The predicted octanol–water partition coefficient (Wildman–Crippen LogP) is 3.26. The van der Waals surface area contributed by atoms with Crippen molar-refractivity contribution in [2.45, 2.75) is 27.1 Å². The fraction of sp³-hybridized carbons (Fsp3) is 0.429. The highest BCUT2D eigenvalue weighted by Crippen LogP contribution is 2.24. The van der Waals surface area contributed by atoms with E-state index in [-0.39, 0.29) is 11.7 Å². The van der Waals surface area contributed by atoms with Gasteiger partial charge in [-0.1, -0.05) is 11.2 Å². The Hall–Kier alpha value is -1.79. The molecule has 0 saturated carbocycles. The maximum Gasteiger partial charge on any atom is 0.283 e. The smallest absolute Gasteiger partial charge is 0.283 e. The first-order chi connectivity index (χ1) is 9.65. The number of hydrogen-bond acceptors (Lipinski definition) is 5. The van der Waals surface area contributed by atoms with Crippen molar-refractivity contribution >= 4 is 0 Å². The Morgan fingerprint density at radius 2 is 1.95 bits per heavy atom. The zero-order chi connectivity index (χ0) is 14.5. The number of benzene rings is 1. The summed E-state index contributed by atoms with van der Waals surface area (Å²) in [7, 11) is 0. The van der Waals surface area contributed by atoms with Crippen LogP contribution in [-0.2, 0) is 9.47 Å². The lowest BCUT2D eigenvalue weighted by atomic mass is 10.1. The Morgan fingerprint density at radius 1 is 1.25 bits per heavy atom. The highest BCUT2D eigenvalue weighted by Gasteiger charge is 2.21. The quantitative estimate of drug-likeness (QED) is 0.760. The number of hydrogen-bond donors (Lipinski definition) is 0. The molecule has 108 valence electrons. The van der Waals surface area contributed by atoms with Crippen LogP contribution >= 0.6 is 0 Å². The van der Waals surface area contributed by atoms with Gasteiger partial charge in [0.1, 0.15) is 5.82 Å². The predicted molar refractivity (Wildman–Crippen MR) is 70.4 cm³/mol. The third kappa shape index (κ3) is 3.20. The van der Waals surface area contributed by atoms with Gasteiger partial charge in [-0.2, -0.15) is 4.98 Å². The molecule has 0 aliphatic rings. The van der Waals surface area contributed by atoms with Crippen LogP contribution in [0.2, 0.25) is 0 Å². The number of ether oxygens (including phenoxy) is 2. The van der Waals surface area contributed by atoms with Gasteiger partial charge in [0.15, 0.2) is 0 Å². The second-order valence-corrected chi connectivity index (χ2v) is 4.16. The van der Waals surface area contributed by atoms with Gasteiger partial charge in [-0.25, -0.2) is 4.39 Å². The van der Waals surface area contributed by atoms with Crippen LogP contribution in [0.5, 0.6) is 0 Å². The van der Waals surface area contributed by atoms with Gasteiger partial charge >= 0.3 is 0 Å². The van der Waals surface area contributed by atoms with Crippen molar-refractivity contribution in [3.05, 3.63) is 35.5 Å². The summed E-state index contributed by atoms with van der Waals surface area (Å²) >= 11 is 0. The van der Waals surface area contributed by atoms with Gasteiger partial charge in [-0.15, -0.1) is 0 Å². The molecule has 0 saturated heterocycles. The van der Waals surface area contributed by atoms with Gasteiger partial charge in [0.2, 0.25) is 12.1 Å². The average molecular weight is 280 g/mol. The molecule has 0 aliphatic carbocycles. The van der Waals surface area contributed by atoms with Crippen LogP contribution in [0.15, 0.2) is 22.7 Å². The number of aryl methyl sites for hydroxylation is 1. The molecule has 1 aromatic heterocycles. The topological polar surface area (TPSA) is 57.4 Å². The average Bonchev–Trinajstić information content (AvgIpc) is 2.91. The van der Waals surface area contributed by atoms with Gasteiger partial charge in [-0.05, 0) is 38.5 Å². The second-order valence-electron chi connectivity index (χ2n) is 4.16. The van der Waals surface area contributed by atoms with Crippen molar-refractivity contribution in [3.8, 4) is 11.4 Å². The first-order valence-corrected chi connectivity index (χ1v) is 6.49. The third-order valence-electron chi connectivity index (χ3n) is 2.72. The van der Waals surface area contributed by atoms with E-state index in [2.05, 4.69) is 10.1 Å². The summed E-state index contributed by atoms with van der Waals surface area (Å²) in [6.45, 7) is 6.47. The number of aromatic nitrogens is 2. The Labute approximate surface area is 116 Å². The Bertz CT molecular complexity index is 565. The van der Waals surface area contributed by atoms with Crippen molar-refractivity contribution in [1.29, 1.82) is 0 Å². The molecule has 2 aromatic rings. The molecule has 6 heteroatoms. The standard InChI is InChI=1S/C14H17FN2O3/c1-4-18-14(19-5-2)13-16-12(17-20-13)11-8-10(15)7-6-9(11)3/h6-8,14H,4-5H2,1-3H3. The molecule has 2 rings (SSSR count). The van der Waals surface area contributed by atoms with E-state index >= 15 is 0 Å². The molecule has 1 aromatic carbocycles. The SMILES string of the molecule is CCOC(OCC)c1nc(-c2cc(F)ccc2C)no1. The van der Waals surface area contributed by atoms with Crippen molar-refractivity contribution < 1.29 is 18.4 Å². The molecule has 20 heavy (non-hydrogen) atoms. The van der Waals surface area contributed by atoms with Crippen molar-refractivity contribution in [3.63, 3.8) is 0 Å². The van der Waals surface area contributed by atoms with Crippen molar-refractivity contribution in [2.24, 2.45) is 0 Å². The molecule has 0 bridgehead atoms. The third-order valence-corrected chi connectivity index (χ3v) is 2.72. The highest BCUT2D eigenvalue weighted by atomic mass is 19.1. The minimum atomic E-state index is -0.694. The van der Waals surface area contributed by atoms with E-state index in [4.69, 9.17) is 14.0 Å². The minimum absolute atomic E-state index is 0.229. The van der Waals surface area contributed by atoms with E-state index in [1.165, 1.54) is 12.1 Å². The summed E-state index contributed by atoms with van der Waals surface area (Å²) in [5.74, 6) is 0.205. The van der Waals surface area contributed by atoms with Crippen LogP contribution < -0.4 is 0 Å². The molecule has 0 atom stereocenters. The Balaban J connectivity index is 2.29. The van der Waals surface area contributed by atoms with Gasteiger partial charge in [-0.3, -0.25) is 0 Å². The maximum absolute atomic E-state index is 13.3. The molecule has 0 aliphatic heterocycles. The molecule has 0 radical (unpaired) electrons. The largest absolute Gasteiger partial charge is 0.345 e. The summed E-state index contributed by atoms with van der Waals surface area (Å²) in [4.78, 5) is 4.23. The lowest BCUT2D eigenvalue weighted by Crippen LogP contribution is -2.09. The Morgan fingerprint density at radius 3 is 2.60 bits per heavy atom. The van der Waals surface area contributed by atoms with E-state index in [0.29, 0.717) is 24.6 Å². The molecule has 0 fully saturated rings. The van der Waals surface area contributed by atoms with Crippen LogP contribution in [0.1, 0.15) is 31.6 Å². The zero-order valence-electron chi connectivity index (χ0n) is 11.7. The van der Waals surface area contributed by atoms with Crippen LogP contribution in [0.3, 0.4) is 0 Å². The minimum Gasteiger partial charge on any atom is -0.345 e. The summed E-state index contributed by atoms with van der Waals surface area (Å²) in [6, 6.07) is 4.44. The molecular weight excluding hydrogens is 263 g/mol. The van der Waals surface area contributed by atoms with Crippen molar-refractivity contribution in [2.75, 3.05) is 13.2 Å². The molecule has 1 heterocycles. The van der Waals surface area contributed by atoms with Gasteiger partial charge in [0, 0.05) is 18.8 Å². The molecular formula is C14H17FN2O3. The van der Waals surface area contributed by atoms with E-state index < -0.39 is 6.29 Å². The van der Waals surface area contributed by atoms with E-state index in [0.717, 1.165) is 5.56 Å². The number of rotatable bonds is 6. The monoisotopic (exact) mass is 280 g/mol. The summed E-state index contributed by atoms with van der Waals surface area (Å²) in [5, 5.41) is 3.86. The van der Waals surface area contributed by atoms with Crippen LogP contribution in [0.25, 0.3) is 11.4 Å². The second kappa shape index (κ2) is 6.58. The molecule has 0 spiro atoms. The first-order valence-electron chi connectivity index (χ1n) is 6.49. The molecule has 0 N–H and O–H groups in total. The van der Waals surface area contributed by atoms with Crippen molar-refractivity contribution in [1.82, 2.24) is 10.1 Å². The zero-order valence-corrected chi connectivity index (χ0v) is 11.7. The van der Waals surface area contributed by atoms with Crippen LogP contribution in [0, 0.1) is 12.7 Å². The lowest BCUT2D eigenvalue weighted by Gasteiger charge is -2.11. The summed E-state index contributed by atoms with van der Waals surface area (Å²) < 4.78 is 29.2. The maximum atomic E-state index is 13.3. The summed E-state index contributed by atoms with van der Waals surface area (Å²) in [5.41, 5.74) is 1.45. The highest BCUT2D eigenvalue weighted by molar-refractivity contribution is 5.59. The molecule has 0 unspecified atom stereocenters. The van der Waals surface area contributed by atoms with E-state index in [9.17, 15) is 4.39 Å². The number of halogens is 1. The van der Waals surface area contributed by atoms with E-state index in [1.54, 1.807) is 6.07 Å². The Kier molecular flexibility index (Phi) is 4.81. The van der Waals surface area contributed by atoms with Crippen LogP contribution in [-0.4, -0.2) is 23.4 Å². The lowest BCUT2D eigenvalue weighted by molar-refractivity contribution is -0.155. The molecule has 5 nitrogen and oxygen atoms in total. The number of nitrogens with zero attached hydrogens (tertiary/aromatic N) is 2. The van der Waals surface area contributed by atoms with Gasteiger partial charge < -0.3 is 14.0 Å².